The summed E-state index contributed by atoms with van der Waals surface area (Å²) >= 11 is 0. The van der Waals surface area contributed by atoms with E-state index < -0.39 is 6.23 Å². The second-order valence-electron chi connectivity index (χ2n) is 5.36. The third kappa shape index (κ3) is 20.8. The highest BCUT2D eigenvalue weighted by molar-refractivity contribution is 5.52. The van der Waals surface area contributed by atoms with Gasteiger partial charge in [-0.2, -0.15) is 0 Å². The fourth-order valence-electron chi connectivity index (χ4n) is 1.85. The number of ether oxygens (including phenoxy) is 4. The molecule has 0 radical (unpaired) electrons. The molecule has 0 aromatic rings. The molecule has 0 aliphatic carbocycles. The van der Waals surface area contributed by atoms with Crippen LogP contribution in [0.15, 0.2) is 5.11 Å². The van der Waals surface area contributed by atoms with Crippen LogP contribution in [0.25, 0.3) is 10.4 Å². The maximum Gasteiger partial charge on any atom is 0.107 e. The molecule has 0 saturated carbocycles. The molecular weight excluding hydrogens is 342 g/mol. The normalized spacial score (nSPS) is 11.9. The summed E-state index contributed by atoms with van der Waals surface area (Å²) in [5.41, 5.74) is 8.07. The van der Waals surface area contributed by atoms with Gasteiger partial charge >= 0.3 is 0 Å². The van der Waals surface area contributed by atoms with Gasteiger partial charge < -0.3 is 29.5 Å². The van der Waals surface area contributed by atoms with E-state index in [-0.39, 0.29) is 0 Å². The molecule has 0 heterocycles. The quantitative estimate of drug-likeness (QED) is 0.0693. The molecule has 10 heteroatoms. The molecule has 26 heavy (non-hydrogen) atoms. The highest BCUT2D eigenvalue weighted by Crippen LogP contribution is 1.94. The molecule has 0 aliphatic heterocycles. The van der Waals surface area contributed by atoms with Crippen LogP contribution in [0.3, 0.4) is 0 Å². The Morgan fingerprint density at radius 2 is 1.54 bits per heavy atom. The van der Waals surface area contributed by atoms with Gasteiger partial charge in [-0.1, -0.05) is 5.11 Å². The zero-order chi connectivity index (χ0) is 19.1. The number of unbranched alkanes of at least 4 members (excludes halogenated alkanes) is 2. The van der Waals surface area contributed by atoms with E-state index in [9.17, 15) is 5.11 Å². The Bertz CT molecular complexity index is 356. The lowest BCUT2D eigenvalue weighted by Gasteiger charge is -2.12. The summed E-state index contributed by atoms with van der Waals surface area (Å²) in [6, 6.07) is 0. The first-order valence-electron chi connectivity index (χ1n) is 9.03. The van der Waals surface area contributed by atoms with E-state index in [4.69, 9.17) is 29.9 Å². The first-order chi connectivity index (χ1) is 12.8. The highest BCUT2D eigenvalue weighted by atomic mass is 16.6. The van der Waals surface area contributed by atoms with Gasteiger partial charge in [-0.25, -0.2) is 0 Å². The molecule has 0 spiro atoms. The lowest BCUT2D eigenvalue weighted by atomic mass is 10.2. The van der Waals surface area contributed by atoms with Crippen LogP contribution in [0.2, 0.25) is 0 Å². The van der Waals surface area contributed by atoms with Crippen LogP contribution in [-0.4, -0.2) is 83.5 Å². The average Bonchev–Trinajstić information content (AvgIpc) is 2.64. The molecule has 0 aromatic carbocycles. The van der Waals surface area contributed by atoms with Gasteiger partial charge in [-0.3, -0.25) is 5.32 Å². The van der Waals surface area contributed by atoms with Crippen LogP contribution in [0.5, 0.6) is 0 Å². The average molecular weight is 375 g/mol. The fourth-order valence-corrected chi connectivity index (χ4v) is 1.85. The topological polar surface area (TPSA) is 142 Å². The van der Waals surface area contributed by atoms with Gasteiger partial charge in [0.1, 0.15) is 6.23 Å². The first kappa shape index (κ1) is 24.7. The summed E-state index contributed by atoms with van der Waals surface area (Å²) in [6.45, 7) is 4.83. The van der Waals surface area contributed by atoms with Crippen molar-refractivity contribution in [1.29, 1.82) is 5.41 Å². The maximum absolute atomic E-state index is 9.69. The molecule has 0 aliphatic rings. The first-order valence-corrected chi connectivity index (χ1v) is 9.03. The van der Waals surface area contributed by atoms with E-state index in [0.717, 1.165) is 25.8 Å². The molecule has 0 saturated heterocycles. The molecule has 1 atom stereocenters. The number of nitrogens with zero attached hydrogens (tertiary/aromatic N) is 3. The number of rotatable bonds is 21. The Hall–Kier alpha value is -1.26. The van der Waals surface area contributed by atoms with Crippen molar-refractivity contribution < 1.29 is 24.1 Å². The van der Waals surface area contributed by atoms with E-state index in [1.54, 1.807) is 0 Å². The van der Waals surface area contributed by atoms with Gasteiger partial charge in [0.15, 0.2) is 0 Å². The van der Waals surface area contributed by atoms with Crippen molar-refractivity contribution in [2.75, 3.05) is 65.9 Å². The summed E-state index contributed by atoms with van der Waals surface area (Å²) in [5.74, 6) is 0. The fraction of sp³-hybridized carbons (Fsp3) is 0.938. The lowest BCUT2D eigenvalue weighted by Crippen LogP contribution is -2.30. The van der Waals surface area contributed by atoms with Crippen molar-refractivity contribution >= 4 is 6.21 Å². The molecule has 0 amide bonds. The van der Waals surface area contributed by atoms with Crippen LogP contribution < -0.4 is 5.32 Å². The highest BCUT2D eigenvalue weighted by Gasteiger charge is 2.02. The van der Waals surface area contributed by atoms with Crippen molar-refractivity contribution in [3.63, 3.8) is 0 Å². The standard InChI is InChI=1S/C16H33N5O5/c17-5-2-1-3-6-19-16(22)4-8-23-10-12-25-14-15-26-13-11-24-9-7-20-21-18/h5,16-17,19,22H,1-4,6-15H2. The number of nitrogens with one attached hydrogen (secondary N) is 2. The van der Waals surface area contributed by atoms with Gasteiger partial charge in [-0.05, 0) is 37.6 Å². The number of hydrogen-bond donors (Lipinski definition) is 3. The number of aliphatic hydroxyl groups is 1. The summed E-state index contributed by atoms with van der Waals surface area (Å²) in [4.78, 5) is 2.62. The monoisotopic (exact) mass is 375 g/mol. The third-order valence-electron chi connectivity index (χ3n) is 3.21. The number of aliphatic hydroxyl groups excluding tert-OH is 1. The summed E-state index contributed by atoms with van der Waals surface area (Å²) in [5, 5.41) is 23.0. The minimum atomic E-state index is -0.557. The Balaban J connectivity index is 3.12. The van der Waals surface area contributed by atoms with E-state index in [0.29, 0.717) is 65.8 Å². The SMILES string of the molecule is [N-]=[N+]=NCCOCCOCCOCCOCCC(O)NCCCCC=N. The second-order valence-corrected chi connectivity index (χ2v) is 5.36. The van der Waals surface area contributed by atoms with E-state index in [1.165, 1.54) is 6.21 Å². The van der Waals surface area contributed by atoms with E-state index in [1.807, 2.05) is 0 Å². The summed E-state index contributed by atoms with van der Waals surface area (Å²) in [6.07, 6.45) is 4.09. The molecule has 1 unspecified atom stereocenters. The lowest BCUT2D eigenvalue weighted by molar-refractivity contribution is -0.00591. The molecule has 152 valence electrons. The van der Waals surface area contributed by atoms with Crippen LogP contribution in [0, 0.1) is 5.41 Å². The zero-order valence-electron chi connectivity index (χ0n) is 15.5. The van der Waals surface area contributed by atoms with Crippen LogP contribution in [-0.2, 0) is 18.9 Å². The predicted octanol–water partition coefficient (Wildman–Crippen LogP) is 1.48. The van der Waals surface area contributed by atoms with Crippen molar-refractivity contribution in [3.05, 3.63) is 10.4 Å². The molecule has 3 N–H and O–H groups in total. The Morgan fingerprint density at radius 3 is 2.12 bits per heavy atom. The van der Waals surface area contributed by atoms with Crippen molar-refractivity contribution in [2.24, 2.45) is 5.11 Å². The minimum absolute atomic E-state index is 0.332. The van der Waals surface area contributed by atoms with Crippen molar-refractivity contribution in [3.8, 4) is 0 Å². The van der Waals surface area contributed by atoms with Gasteiger partial charge in [0.2, 0.25) is 0 Å². The summed E-state index contributed by atoms with van der Waals surface area (Å²) < 4.78 is 21.2. The molecule has 10 nitrogen and oxygen atoms in total. The molecule has 0 bridgehead atoms. The predicted molar refractivity (Wildman–Crippen MR) is 98.6 cm³/mol. The Labute approximate surface area is 155 Å². The number of hydrogen-bond acceptors (Lipinski definition) is 8. The summed E-state index contributed by atoms with van der Waals surface area (Å²) in [7, 11) is 0. The van der Waals surface area contributed by atoms with Crippen molar-refractivity contribution in [2.45, 2.75) is 31.9 Å². The second kappa shape index (κ2) is 21.8. The van der Waals surface area contributed by atoms with Gasteiger partial charge in [0, 0.05) is 17.9 Å². The maximum atomic E-state index is 9.69. The van der Waals surface area contributed by atoms with Gasteiger partial charge in [0.05, 0.1) is 52.9 Å². The minimum Gasteiger partial charge on any atom is -0.379 e. The van der Waals surface area contributed by atoms with Crippen LogP contribution in [0.4, 0.5) is 0 Å². The smallest absolute Gasteiger partial charge is 0.107 e. The van der Waals surface area contributed by atoms with Crippen molar-refractivity contribution in [1.82, 2.24) is 5.32 Å². The molecule has 0 aromatic heterocycles. The van der Waals surface area contributed by atoms with E-state index in [2.05, 4.69) is 15.3 Å². The largest absolute Gasteiger partial charge is 0.379 e. The van der Waals surface area contributed by atoms with Gasteiger partial charge in [0.25, 0.3) is 0 Å². The Morgan fingerprint density at radius 1 is 0.962 bits per heavy atom. The molecule has 0 fully saturated rings. The molecule has 0 rings (SSSR count). The zero-order valence-corrected chi connectivity index (χ0v) is 15.5. The van der Waals surface area contributed by atoms with Crippen LogP contribution >= 0.6 is 0 Å². The van der Waals surface area contributed by atoms with Gasteiger partial charge in [-0.15, -0.1) is 0 Å². The number of azide groups is 1. The van der Waals surface area contributed by atoms with E-state index >= 15 is 0 Å². The Kier molecular flexibility index (Phi) is 20.7. The molecular formula is C16H33N5O5. The van der Waals surface area contributed by atoms with Crippen LogP contribution in [0.1, 0.15) is 25.7 Å². The third-order valence-corrected chi connectivity index (χ3v) is 3.21.